The minimum absolute atomic E-state index is 0.0736. The smallest absolute Gasteiger partial charge is 0.310 e. The van der Waals surface area contributed by atoms with Gasteiger partial charge in [0.2, 0.25) is 5.91 Å². The van der Waals surface area contributed by atoms with Crippen LogP contribution in [0.1, 0.15) is 28.3 Å². The summed E-state index contributed by atoms with van der Waals surface area (Å²) in [6, 6.07) is 29.6. The van der Waals surface area contributed by atoms with Crippen LogP contribution in [-0.4, -0.2) is 24.0 Å². The van der Waals surface area contributed by atoms with E-state index in [1.165, 1.54) is 18.4 Å². The molecule has 4 rings (SSSR count). The van der Waals surface area contributed by atoms with Crippen molar-refractivity contribution < 1.29 is 14.3 Å². The molecule has 6 heteroatoms. The number of benzene rings is 3. The molecule has 0 spiro atoms. The topological polar surface area (TPSA) is 68.3 Å². The lowest BCUT2D eigenvalue weighted by atomic mass is 9.88. The van der Waals surface area contributed by atoms with Gasteiger partial charge in [0.25, 0.3) is 0 Å². The van der Waals surface area contributed by atoms with Crippen molar-refractivity contribution in [3.63, 3.8) is 0 Å². The number of hydrogen-bond acceptors (Lipinski definition) is 5. The number of rotatable bonds is 8. The summed E-state index contributed by atoms with van der Waals surface area (Å²) in [5, 5.41) is 3.42. The van der Waals surface area contributed by atoms with Gasteiger partial charge < -0.3 is 10.1 Å². The predicted octanol–water partition coefficient (Wildman–Crippen LogP) is 5.69. The molecule has 0 aliphatic carbocycles. The molecule has 166 valence electrons. The van der Waals surface area contributed by atoms with Crippen molar-refractivity contribution in [3.8, 4) is 11.3 Å². The van der Waals surface area contributed by atoms with Gasteiger partial charge in [-0.15, -0.1) is 11.3 Å². The van der Waals surface area contributed by atoms with Gasteiger partial charge in [0.05, 0.1) is 19.2 Å². The summed E-state index contributed by atoms with van der Waals surface area (Å²) in [6.07, 6.45) is 0.380. The summed E-state index contributed by atoms with van der Waals surface area (Å²) >= 11 is 1.30. The number of nitrogens with one attached hydrogen (secondary N) is 1. The Hall–Kier alpha value is -3.77. The van der Waals surface area contributed by atoms with Crippen LogP contribution in [-0.2, 0) is 20.7 Å². The second kappa shape index (κ2) is 10.7. The van der Waals surface area contributed by atoms with Gasteiger partial charge in [0.1, 0.15) is 0 Å². The van der Waals surface area contributed by atoms with Crippen LogP contribution in [0.4, 0.5) is 5.13 Å². The third-order valence-electron chi connectivity index (χ3n) is 5.32. The van der Waals surface area contributed by atoms with Gasteiger partial charge in [-0.25, -0.2) is 4.98 Å². The summed E-state index contributed by atoms with van der Waals surface area (Å²) in [4.78, 5) is 30.4. The highest BCUT2D eigenvalue weighted by atomic mass is 32.1. The predicted molar refractivity (Wildman–Crippen MR) is 131 cm³/mol. The average molecular weight is 457 g/mol. The van der Waals surface area contributed by atoms with E-state index in [1.54, 1.807) is 0 Å². The molecule has 0 bridgehead atoms. The van der Waals surface area contributed by atoms with Crippen molar-refractivity contribution in [2.24, 2.45) is 0 Å². The molecule has 0 aliphatic rings. The molecule has 4 aromatic rings. The molecule has 0 aliphatic heterocycles. The molecule has 3 aromatic carbocycles. The van der Waals surface area contributed by atoms with E-state index >= 15 is 0 Å². The molecule has 0 fully saturated rings. The molecule has 1 amide bonds. The van der Waals surface area contributed by atoms with Crippen LogP contribution in [0.3, 0.4) is 0 Å². The largest absolute Gasteiger partial charge is 0.469 e. The summed E-state index contributed by atoms with van der Waals surface area (Å²) in [6.45, 7) is 0. The zero-order valence-corrected chi connectivity index (χ0v) is 19.0. The van der Waals surface area contributed by atoms with Crippen molar-refractivity contribution in [3.05, 3.63) is 107 Å². The second-order valence-corrected chi connectivity index (χ2v) is 8.62. The molecule has 0 atom stereocenters. The Kier molecular flexibility index (Phi) is 7.27. The van der Waals surface area contributed by atoms with Gasteiger partial charge in [0, 0.05) is 22.8 Å². The van der Waals surface area contributed by atoms with Gasteiger partial charge in [0.15, 0.2) is 5.13 Å². The lowest BCUT2D eigenvalue weighted by Crippen LogP contribution is -2.16. The number of carbonyl (C=O) groups excluding carboxylic acids is 2. The maximum Gasteiger partial charge on any atom is 0.310 e. The number of aromatic nitrogens is 1. The van der Waals surface area contributed by atoms with Gasteiger partial charge in [-0.3, -0.25) is 9.59 Å². The van der Waals surface area contributed by atoms with Crippen LogP contribution in [0.5, 0.6) is 0 Å². The number of carbonyl (C=O) groups is 2. The Balaban J connectivity index is 1.57. The zero-order chi connectivity index (χ0) is 23.0. The van der Waals surface area contributed by atoms with E-state index in [0.29, 0.717) is 10.8 Å². The molecule has 0 radical (unpaired) electrons. The van der Waals surface area contributed by atoms with E-state index in [1.807, 2.05) is 91.0 Å². The van der Waals surface area contributed by atoms with E-state index in [-0.39, 0.29) is 30.6 Å². The van der Waals surface area contributed by atoms with Crippen molar-refractivity contribution >= 4 is 28.3 Å². The van der Waals surface area contributed by atoms with E-state index in [4.69, 9.17) is 4.74 Å². The number of methoxy groups -OCH3 is 1. The van der Waals surface area contributed by atoms with Crippen molar-refractivity contribution in [1.82, 2.24) is 4.98 Å². The van der Waals surface area contributed by atoms with Gasteiger partial charge >= 0.3 is 5.97 Å². The van der Waals surface area contributed by atoms with E-state index in [2.05, 4.69) is 10.3 Å². The Morgan fingerprint density at radius 3 is 1.97 bits per heavy atom. The molecule has 1 heterocycles. The van der Waals surface area contributed by atoms with Crippen LogP contribution < -0.4 is 5.32 Å². The molecule has 1 aromatic heterocycles. The Labute approximate surface area is 197 Å². The average Bonchev–Trinajstić information content (AvgIpc) is 3.25. The maximum absolute atomic E-state index is 13.1. The highest BCUT2D eigenvalue weighted by Crippen LogP contribution is 2.33. The monoisotopic (exact) mass is 456 g/mol. The fourth-order valence-electron chi connectivity index (χ4n) is 3.70. The lowest BCUT2D eigenvalue weighted by Gasteiger charge is -2.17. The van der Waals surface area contributed by atoms with Crippen molar-refractivity contribution in [2.45, 2.75) is 18.8 Å². The Morgan fingerprint density at radius 1 is 0.879 bits per heavy atom. The quantitative estimate of drug-likeness (QED) is 0.346. The number of anilines is 1. The number of thiazole rings is 1. The summed E-state index contributed by atoms with van der Waals surface area (Å²) < 4.78 is 4.84. The number of amides is 1. The van der Waals surface area contributed by atoms with E-state index in [0.717, 1.165) is 21.6 Å². The van der Waals surface area contributed by atoms with Crippen molar-refractivity contribution in [2.75, 3.05) is 12.4 Å². The second-order valence-electron chi connectivity index (χ2n) is 7.54. The van der Waals surface area contributed by atoms with Gasteiger partial charge in [-0.1, -0.05) is 91.0 Å². The fourth-order valence-corrected chi connectivity index (χ4v) is 4.69. The van der Waals surface area contributed by atoms with E-state index < -0.39 is 0 Å². The molecule has 0 saturated heterocycles. The first kappa shape index (κ1) is 22.4. The Bertz CT molecular complexity index is 1170. The van der Waals surface area contributed by atoms with Crippen LogP contribution in [0.2, 0.25) is 0 Å². The first-order valence-electron chi connectivity index (χ1n) is 10.7. The highest BCUT2D eigenvalue weighted by Gasteiger charge is 2.21. The highest BCUT2D eigenvalue weighted by molar-refractivity contribution is 7.16. The van der Waals surface area contributed by atoms with Crippen LogP contribution in [0.15, 0.2) is 91.0 Å². The summed E-state index contributed by atoms with van der Waals surface area (Å²) in [5.41, 5.74) is 3.73. The molecular weight excluding hydrogens is 432 g/mol. The molecule has 0 unspecified atom stereocenters. The molecule has 1 N–H and O–H groups in total. The minimum atomic E-state index is -0.345. The molecular formula is C27H24N2O3S. The fraction of sp³-hybridized carbons (Fsp3) is 0.148. The van der Waals surface area contributed by atoms with E-state index in [9.17, 15) is 9.59 Å². The lowest BCUT2D eigenvalue weighted by molar-refractivity contribution is -0.139. The maximum atomic E-state index is 13.1. The van der Waals surface area contributed by atoms with Gasteiger partial charge in [-0.2, -0.15) is 0 Å². The normalized spacial score (nSPS) is 10.7. The molecule has 5 nitrogen and oxygen atoms in total. The van der Waals surface area contributed by atoms with Crippen LogP contribution in [0.25, 0.3) is 11.3 Å². The van der Waals surface area contributed by atoms with Crippen LogP contribution in [0, 0.1) is 0 Å². The Morgan fingerprint density at radius 2 is 1.42 bits per heavy atom. The summed E-state index contributed by atoms with van der Waals surface area (Å²) in [5.74, 6) is -0.553. The molecule has 33 heavy (non-hydrogen) atoms. The third-order valence-corrected chi connectivity index (χ3v) is 6.29. The standard InChI is InChI=1S/C27H24N2O3S/c1-32-25(31)18-23-26(21-15-9-4-10-16-21)29-27(33-23)28-24(30)17-22(19-11-5-2-6-12-19)20-13-7-3-8-14-20/h2-16,22H,17-18H2,1H3,(H,28,29,30). The van der Waals surface area contributed by atoms with Crippen molar-refractivity contribution in [1.29, 1.82) is 0 Å². The third kappa shape index (κ3) is 5.73. The zero-order valence-electron chi connectivity index (χ0n) is 18.2. The van der Waals surface area contributed by atoms with Gasteiger partial charge in [-0.05, 0) is 11.1 Å². The SMILES string of the molecule is COC(=O)Cc1sc(NC(=O)CC(c2ccccc2)c2ccccc2)nc1-c1ccccc1. The van der Waals surface area contributed by atoms with Crippen LogP contribution >= 0.6 is 11.3 Å². The first-order valence-corrected chi connectivity index (χ1v) is 11.5. The molecule has 0 saturated carbocycles. The first-order chi connectivity index (χ1) is 16.1. The number of nitrogens with zero attached hydrogens (tertiary/aromatic N) is 1. The minimum Gasteiger partial charge on any atom is -0.469 e. The number of ether oxygens (including phenoxy) is 1. The summed E-state index contributed by atoms with van der Waals surface area (Å²) in [7, 11) is 1.36. The number of hydrogen-bond donors (Lipinski definition) is 1. The number of esters is 1.